The smallest absolute Gasteiger partial charge is 0.138 e. The predicted octanol–water partition coefficient (Wildman–Crippen LogP) is 4.38. The van der Waals surface area contributed by atoms with Crippen molar-refractivity contribution >= 4 is 29.4 Å². The molecule has 0 bridgehead atoms. The van der Waals surface area contributed by atoms with Gasteiger partial charge in [0.25, 0.3) is 0 Å². The molecule has 0 saturated heterocycles. The van der Waals surface area contributed by atoms with Crippen LogP contribution in [0.4, 0.5) is 0 Å². The van der Waals surface area contributed by atoms with Gasteiger partial charge in [-0.25, -0.2) is 0 Å². The van der Waals surface area contributed by atoms with Gasteiger partial charge in [0.1, 0.15) is 12.4 Å². The number of rotatable bonds is 4. The van der Waals surface area contributed by atoms with Crippen LogP contribution in [0.15, 0.2) is 47.6 Å². The quantitative estimate of drug-likeness (QED) is 0.517. The highest BCUT2D eigenvalue weighted by molar-refractivity contribution is 6.32. The van der Waals surface area contributed by atoms with E-state index in [0.717, 1.165) is 5.56 Å². The molecule has 98 valence electrons. The summed E-state index contributed by atoms with van der Waals surface area (Å²) in [6.45, 7) is 0.340. The number of hydrogen-bond donors (Lipinski definition) is 1. The maximum absolute atomic E-state index is 8.44. The van der Waals surface area contributed by atoms with Crippen LogP contribution in [0.2, 0.25) is 10.0 Å². The van der Waals surface area contributed by atoms with Gasteiger partial charge in [0.05, 0.1) is 11.2 Å². The summed E-state index contributed by atoms with van der Waals surface area (Å²) >= 11 is 12.1. The molecule has 2 aromatic rings. The first kappa shape index (κ1) is 13.7. The third-order valence-electron chi connectivity index (χ3n) is 2.50. The second-order valence-corrected chi connectivity index (χ2v) is 4.63. The summed E-state index contributed by atoms with van der Waals surface area (Å²) in [7, 11) is 0. The maximum atomic E-state index is 8.44. The Bertz CT molecular complexity index is 600. The van der Waals surface area contributed by atoms with Crippen LogP contribution in [0.1, 0.15) is 11.1 Å². The van der Waals surface area contributed by atoms with Gasteiger partial charge < -0.3 is 9.94 Å². The molecule has 0 spiro atoms. The SMILES string of the molecule is O/N=C/c1ccc(OCc2ccccc2Cl)c(Cl)c1. The molecule has 0 aliphatic heterocycles. The molecule has 0 atom stereocenters. The number of nitrogens with zero attached hydrogens (tertiary/aromatic N) is 1. The van der Waals surface area contributed by atoms with E-state index >= 15 is 0 Å². The van der Waals surface area contributed by atoms with Crippen molar-refractivity contribution in [3.63, 3.8) is 0 Å². The van der Waals surface area contributed by atoms with Crippen molar-refractivity contribution in [1.29, 1.82) is 0 Å². The molecular weight excluding hydrogens is 285 g/mol. The van der Waals surface area contributed by atoms with Gasteiger partial charge in [0, 0.05) is 10.6 Å². The summed E-state index contributed by atoms with van der Waals surface area (Å²) in [5, 5.41) is 12.5. The fourth-order valence-electron chi connectivity index (χ4n) is 1.55. The molecule has 0 aromatic heterocycles. The topological polar surface area (TPSA) is 41.8 Å². The minimum Gasteiger partial charge on any atom is -0.487 e. The van der Waals surface area contributed by atoms with Gasteiger partial charge in [-0.15, -0.1) is 0 Å². The molecule has 0 fully saturated rings. The minimum absolute atomic E-state index is 0.340. The summed E-state index contributed by atoms with van der Waals surface area (Å²) in [4.78, 5) is 0. The lowest BCUT2D eigenvalue weighted by atomic mass is 10.2. The van der Waals surface area contributed by atoms with Gasteiger partial charge in [-0.1, -0.05) is 46.6 Å². The fourth-order valence-corrected chi connectivity index (χ4v) is 1.99. The molecule has 2 rings (SSSR count). The van der Waals surface area contributed by atoms with Gasteiger partial charge in [-0.3, -0.25) is 0 Å². The largest absolute Gasteiger partial charge is 0.487 e. The molecule has 1 N–H and O–H groups in total. The predicted molar refractivity (Wildman–Crippen MR) is 76.6 cm³/mol. The second kappa shape index (κ2) is 6.45. The lowest BCUT2D eigenvalue weighted by molar-refractivity contribution is 0.306. The molecular formula is C14H11Cl2NO2. The molecule has 0 aliphatic carbocycles. The van der Waals surface area contributed by atoms with Crippen LogP contribution in [0.5, 0.6) is 5.75 Å². The number of halogens is 2. The van der Waals surface area contributed by atoms with Crippen molar-refractivity contribution in [3.05, 3.63) is 63.6 Å². The van der Waals surface area contributed by atoms with Crippen molar-refractivity contribution in [2.75, 3.05) is 0 Å². The van der Waals surface area contributed by atoms with E-state index in [4.69, 9.17) is 33.1 Å². The maximum Gasteiger partial charge on any atom is 0.138 e. The zero-order valence-electron chi connectivity index (χ0n) is 9.88. The number of hydrogen-bond acceptors (Lipinski definition) is 3. The van der Waals surface area contributed by atoms with Gasteiger partial charge in [0.2, 0.25) is 0 Å². The highest BCUT2D eigenvalue weighted by Crippen LogP contribution is 2.26. The standard InChI is InChI=1S/C14H11Cl2NO2/c15-12-4-2-1-3-11(12)9-19-14-6-5-10(8-17-18)7-13(14)16/h1-8,18H,9H2/b17-8+. The van der Waals surface area contributed by atoms with Crippen LogP contribution in [-0.4, -0.2) is 11.4 Å². The van der Waals surface area contributed by atoms with Crippen LogP contribution in [0.3, 0.4) is 0 Å². The second-order valence-electron chi connectivity index (χ2n) is 3.81. The first-order chi connectivity index (χ1) is 9.20. The summed E-state index contributed by atoms with van der Waals surface area (Å²) in [6, 6.07) is 12.6. The Labute approximate surface area is 121 Å². The Balaban J connectivity index is 2.10. The van der Waals surface area contributed by atoms with E-state index in [-0.39, 0.29) is 0 Å². The van der Waals surface area contributed by atoms with Crippen molar-refractivity contribution in [2.24, 2.45) is 5.16 Å². The van der Waals surface area contributed by atoms with Crippen LogP contribution in [0, 0.1) is 0 Å². The van der Waals surface area contributed by atoms with Crippen LogP contribution >= 0.6 is 23.2 Å². The Morgan fingerprint density at radius 1 is 1.11 bits per heavy atom. The summed E-state index contributed by atoms with van der Waals surface area (Å²) in [5.74, 6) is 0.552. The van der Waals surface area contributed by atoms with E-state index in [2.05, 4.69) is 5.16 Å². The normalized spacial score (nSPS) is 10.8. The number of oxime groups is 1. The van der Waals surface area contributed by atoms with Gasteiger partial charge in [-0.05, 0) is 29.8 Å². The highest BCUT2D eigenvalue weighted by atomic mass is 35.5. The van der Waals surface area contributed by atoms with Crippen molar-refractivity contribution in [1.82, 2.24) is 0 Å². The van der Waals surface area contributed by atoms with E-state index in [0.29, 0.717) is 28.0 Å². The van der Waals surface area contributed by atoms with E-state index in [1.807, 2.05) is 24.3 Å². The summed E-state index contributed by atoms with van der Waals surface area (Å²) < 4.78 is 5.61. The Morgan fingerprint density at radius 2 is 1.89 bits per heavy atom. The van der Waals surface area contributed by atoms with Crippen molar-refractivity contribution in [3.8, 4) is 5.75 Å². The minimum atomic E-state index is 0.340. The monoisotopic (exact) mass is 295 g/mol. The van der Waals surface area contributed by atoms with E-state index in [9.17, 15) is 0 Å². The molecule has 0 aliphatic rings. The van der Waals surface area contributed by atoms with Gasteiger partial charge in [0.15, 0.2) is 0 Å². The molecule has 3 nitrogen and oxygen atoms in total. The zero-order chi connectivity index (χ0) is 13.7. The van der Waals surface area contributed by atoms with E-state index in [1.54, 1.807) is 18.2 Å². The molecule has 0 heterocycles. The lowest BCUT2D eigenvalue weighted by Gasteiger charge is -2.09. The molecule has 0 amide bonds. The van der Waals surface area contributed by atoms with E-state index in [1.165, 1.54) is 6.21 Å². The Kier molecular flexibility index (Phi) is 4.66. The van der Waals surface area contributed by atoms with E-state index < -0.39 is 0 Å². The Hall–Kier alpha value is -1.71. The summed E-state index contributed by atoms with van der Waals surface area (Å²) in [5.41, 5.74) is 1.58. The average Bonchev–Trinajstić information content (AvgIpc) is 2.40. The molecule has 2 aromatic carbocycles. The van der Waals surface area contributed by atoms with Crippen molar-refractivity contribution in [2.45, 2.75) is 6.61 Å². The first-order valence-electron chi connectivity index (χ1n) is 5.54. The highest BCUT2D eigenvalue weighted by Gasteiger charge is 2.04. The van der Waals surface area contributed by atoms with Gasteiger partial charge >= 0.3 is 0 Å². The average molecular weight is 296 g/mol. The third kappa shape index (κ3) is 3.63. The van der Waals surface area contributed by atoms with Crippen LogP contribution < -0.4 is 4.74 Å². The lowest BCUT2D eigenvalue weighted by Crippen LogP contribution is -1.97. The Morgan fingerprint density at radius 3 is 2.58 bits per heavy atom. The first-order valence-corrected chi connectivity index (χ1v) is 6.29. The molecule has 0 saturated carbocycles. The molecule has 0 radical (unpaired) electrons. The van der Waals surface area contributed by atoms with Crippen LogP contribution in [0.25, 0.3) is 0 Å². The van der Waals surface area contributed by atoms with Gasteiger partial charge in [-0.2, -0.15) is 0 Å². The third-order valence-corrected chi connectivity index (χ3v) is 3.17. The fraction of sp³-hybridized carbons (Fsp3) is 0.0714. The number of ether oxygens (including phenoxy) is 1. The van der Waals surface area contributed by atoms with Crippen LogP contribution in [-0.2, 0) is 6.61 Å². The summed E-state index contributed by atoms with van der Waals surface area (Å²) in [6.07, 6.45) is 1.30. The van der Waals surface area contributed by atoms with Crippen molar-refractivity contribution < 1.29 is 9.94 Å². The molecule has 5 heteroatoms. The molecule has 0 unspecified atom stereocenters. The number of benzene rings is 2. The molecule has 19 heavy (non-hydrogen) atoms. The zero-order valence-corrected chi connectivity index (χ0v) is 11.4.